The lowest BCUT2D eigenvalue weighted by molar-refractivity contribution is -0.134. The summed E-state index contributed by atoms with van der Waals surface area (Å²) < 4.78 is 7.88. The zero-order valence-electron chi connectivity index (χ0n) is 22.6. The normalized spacial score (nSPS) is 18.4. The van der Waals surface area contributed by atoms with Gasteiger partial charge in [-0.3, -0.25) is 14.5 Å². The Morgan fingerprint density at radius 3 is 2.75 bits per heavy atom. The van der Waals surface area contributed by atoms with Gasteiger partial charge in [-0.1, -0.05) is 36.2 Å². The van der Waals surface area contributed by atoms with Crippen LogP contribution < -0.4 is 10.1 Å². The number of nitrogens with one attached hydrogen (secondary N) is 1. The molecule has 0 radical (unpaired) electrons. The summed E-state index contributed by atoms with van der Waals surface area (Å²) in [5.74, 6) is 0.0923. The Kier molecular flexibility index (Phi) is 9.96. The number of nitrogens with zero attached hydrogens (tertiary/aromatic N) is 6. The molecule has 4 rings (SSSR count). The number of benzene rings is 2. The molecule has 2 aromatic carbocycles. The second-order valence-corrected chi connectivity index (χ2v) is 11.0. The van der Waals surface area contributed by atoms with Crippen molar-refractivity contribution in [3.8, 4) is 5.75 Å². The van der Waals surface area contributed by atoms with Gasteiger partial charge in [0.1, 0.15) is 24.7 Å². The highest BCUT2D eigenvalue weighted by Crippen LogP contribution is 2.30. The number of carbonyl (C=O) groups is 2. The molecule has 214 valence electrons. The van der Waals surface area contributed by atoms with Crippen molar-refractivity contribution < 1.29 is 19.4 Å². The molecule has 1 aliphatic rings. The van der Waals surface area contributed by atoms with Crippen LogP contribution in [0.15, 0.2) is 42.7 Å². The van der Waals surface area contributed by atoms with Gasteiger partial charge in [-0.15, -0.1) is 5.10 Å². The van der Waals surface area contributed by atoms with Crippen LogP contribution >= 0.6 is 23.2 Å². The summed E-state index contributed by atoms with van der Waals surface area (Å²) >= 11 is 12.3. The van der Waals surface area contributed by atoms with Crippen molar-refractivity contribution >= 4 is 40.7 Å². The van der Waals surface area contributed by atoms with Gasteiger partial charge in [-0.2, -0.15) is 0 Å². The predicted octanol–water partition coefficient (Wildman–Crippen LogP) is 2.90. The summed E-state index contributed by atoms with van der Waals surface area (Å²) in [6.07, 6.45) is 1.15. The summed E-state index contributed by atoms with van der Waals surface area (Å²) in [6, 6.07) is 10.5. The molecule has 0 saturated carbocycles. The van der Waals surface area contributed by atoms with Crippen LogP contribution in [0.2, 0.25) is 10.0 Å². The number of aromatic nitrogens is 4. The summed E-state index contributed by atoms with van der Waals surface area (Å²) in [6.45, 7) is 5.29. The first-order chi connectivity index (χ1) is 19.1. The van der Waals surface area contributed by atoms with Crippen LogP contribution in [0.25, 0.3) is 0 Å². The Balaban J connectivity index is 1.56. The number of aliphatic hydroxyl groups excluding tert-OH is 1. The molecular formula is C27H33Cl2N7O4. The zero-order chi connectivity index (χ0) is 28.8. The number of tetrazole rings is 1. The maximum absolute atomic E-state index is 13.4. The van der Waals surface area contributed by atoms with Crippen LogP contribution in [0.4, 0.5) is 5.69 Å². The molecule has 1 aromatic heterocycles. The van der Waals surface area contributed by atoms with Crippen LogP contribution in [0, 0.1) is 5.92 Å². The van der Waals surface area contributed by atoms with E-state index in [-0.39, 0.29) is 49.5 Å². The molecule has 0 spiro atoms. The molecule has 40 heavy (non-hydrogen) atoms. The maximum Gasteiger partial charge on any atom is 0.246 e. The second-order valence-electron chi connectivity index (χ2n) is 10.2. The SMILES string of the molecule is C[C@@H]1CN([C@@H](C)CO)C(=O)Cc2cc(NC(=O)Cn3cnnn3)ccc2O[C@H]1CN(C)Cc1ccc(Cl)c(Cl)c1. The standard InChI is InChI=1S/C27H33Cl2N7O4/c1-17-11-36(18(2)15-37)27(39)10-20-9-21(31-26(38)14-35-16-30-32-33-35)5-7-24(20)40-25(17)13-34(3)12-19-4-6-22(28)23(29)8-19/h4-9,16-18,25,37H,10-15H2,1-3H3,(H,31,38)/t17-,18+,25+/m1/s1. The van der Waals surface area contributed by atoms with E-state index >= 15 is 0 Å². The lowest BCUT2D eigenvalue weighted by atomic mass is 10.0. The van der Waals surface area contributed by atoms with Crippen molar-refractivity contribution in [1.82, 2.24) is 30.0 Å². The molecule has 2 amide bonds. The number of amides is 2. The van der Waals surface area contributed by atoms with Crippen molar-refractivity contribution in [3.05, 3.63) is 63.9 Å². The number of fused-ring (bicyclic) bond motifs is 1. The fourth-order valence-electron chi connectivity index (χ4n) is 4.65. The first-order valence-electron chi connectivity index (χ1n) is 13.0. The Bertz CT molecular complexity index is 1320. The fraction of sp³-hybridized carbons (Fsp3) is 0.444. The van der Waals surface area contributed by atoms with Gasteiger partial charge in [0, 0.05) is 36.8 Å². The third kappa shape index (κ3) is 7.69. The van der Waals surface area contributed by atoms with Gasteiger partial charge in [0.05, 0.1) is 29.1 Å². The minimum Gasteiger partial charge on any atom is -0.488 e. The molecule has 0 unspecified atom stereocenters. The largest absolute Gasteiger partial charge is 0.488 e. The van der Waals surface area contributed by atoms with Gasteiger partial charge in [0.2, 0.25) is 11.8 Å². The monoisotopic (exact) mass is 589 g/mol. The number of hydrogen-bond acceptors (Lipinski definition) is 8. The third-order valence-electron chi connectivity index (χ3n) is 6.83. The molecule has 11 nitrogen and oxygen atoms in total. The molecule has 0 fully saturated rings. The molecule has 1 aliphatic heterocycles. The van der Waals surface area contributed by atoms with Crippen molar-refractivity contribution in [2.24, 2.45) is 5.92 Å². The average molecular weight is 591 g/mol. The Labute approximate surface area is 243 Å². The van der Waals surface area contributed by atoms with Crippen LogP contribution in [-0.4, -0.2) is 85.8 Å². The molecule has 3 aromatic rings. The third-order valence-corrected chi connectivity index (χ3v) is 7.56. The number of aliphatic hydroxyl groups is 1. The summed E-state index contributed by atoms with van der Waals surface area (Å²) in [5.41, 5.74) is 2.18. The number of carbonyl (C=O) groups excluding carboxylic acids is 2. The quantitative estimate of drug-likeness (QED) is 0.390. The zero-order valence-corrected chi connectivity index (χ0v) is 24.1. The Morgan fingerprint density at radius 1 is 1.25 bits per heavy atom. The molecule has 2 N–H and O–H groups in total. The highest BCUT2D eigenvalue weighted by atomic mass is 35.5. The van der Waals surface area contributed by atoms with E-state index in [4.69, 9.17) is 27.9 Å². The first kappa shape index (κ1) is 29.7. The average Bonchev–Trinajstić information content (AvgIpc) is 3.43. The first-order valence-corrected chi connectivity index (χ1v) is 13.7. The lowest BCUT2D eigenvalue weighted by Gasteiger charge is -2.34. The molecular weight excluding hydrogens is 557 g/mol. The van der Waals surface area contributed by atoms with Crippen LogP contribution in [0.3, 0.4) is 0 Å². The van der Waals surface area contributed by atoms with Gasteiger partial charge in [-0.05, 0) is 60.3 Å². The smallest absolute Gasteiger partial charge is 0.246 e. The van der Waals surface area contributed by atoms with E-state index in [1.165, 1.54) is 11.0 Å². The molecule has 3 atom stereocenters. The van der Waals surface area contributed by atoms with Crippen molar-refractivity contribution in [3.63, 3.8) is 0 Å². The number of rotatable bonds is 9. The minimum absolute atomic E-state index is 0.0455. The van der Waals surface area contributed by atoms with Gasteiger partial charge >= 0.3 is 0 Å². The number of likely N-dealkylation sites (N-methyl/N-ethyl adjacent to an activating group) is 1. The van der Waals surface area contributed by atoms with E-state index in [0.717, 1.165) is 5.56 Å². The molecule has 0 saturated heterocycles. The number of hydrogen-bond donors (Lipinski definition) is 2. The minimum atomic E-state index is -0.356. The molecule has 0 aliphatic carbocycles. The molecule has 13 heteroatoms. The predicted molar refractivity (Wildman–Crippen MR) is 151 cm³/mol. The number of ether oxygens (including phenoxy) is 1. The summed E-state index contributed by atoms with van der Waals surface area (Å²) in [4.78, 5) is 29.7. The molecule has 2 heterocycles. The van der Waals surface area contributed by atoms with Crippen LogP contribution in [0.5, 0.6) is 5.75 Å². The van der Waals surface area contributed by atoms with Gasteiger partial charge < -0.3 is 20.1 Å². The van der Waals surface area contributed by atoms with E-state index in [1.54, 1.807) is 29.2 Å². The highest BCUT2D eigenvalue weighted by Gasteiger charge is 2.31. The van der Waals surface area contributed by atoms with E-state index in [2.05, 4.69) is 25.7 Å². The van der Waals surface area contributed by atoms with Gasteiger partial charge in [-0.25, -0.2) is 4.68 Å². The maximum atomic E-state index is 13.4. The molecule has 0 bridgehead atoms. The fourth-order valence-corrected chi connectivity index (χ4v) is 4.97. The summed E-state index contributed by atoms with van der Waals surface area (Å²) in [5, 5.41) is 24.5. The Morgan fingerprint density at radius 2 is 2.05 bits per heavy atom. The van der Waals surface area contributed by atoms with Crippen molar-refractivity contribution in [2.75, 3.05) is 32.1 Å². The topological polar surface area (TPSA) is 126 Å². The Hall–Kier alpha value is -3.25. The van der Waals surface area contributed by atoms with E-state index < -0.39 is 0 Å². The number of halogens is 2. The highest BCUT2D eigenvalue weighted by molar-refractivity contribution is 6.42. The van der Waals surface area contributed by atoms with Crippen molar-refractivity contribution in [1.29, 1.82) is 0 Å². The van der Waals surface area contributed by atoms with Crippen LogP contribution in [-0.2, 0) is 29.1 Å². The lowest BCUT2D eigenvalue weighted by Crippen LogP contribution is -2.47. The van der Waals surface area contributed by atoms with Crippen LogP contribution in [0.1, 0.15) is 25.0 Å². The van der Waals surface area contributed by atoms with E-state index in [0.29, 0.717) is 46.7 Å². The van der Waals surface area contributed by atoms with E-state index in [9.17, 15) is 14.7 Å². The van der Waals surface area contributed by atoms with Gasteiger partial charge in [0.15, 0.2) is 0 Å². The summed E-state index contributed by atoms with van der Waals surface area (Å²) in [7, 11) is 1.99. The second kappa shape index (κ2) is 13.4. The number of anilines is 1. The van der Waals surface area contributed by atoms with E-state index in [1.807, 2.05) is 33.0 Å². The van der Waals surface area contributed by atoms with Gasteiger partial charge in [0.25, 0.3) is 0 Å². The van der Waals surface area contributed by atoms with Crippen molar-refractivity contribution in [2.45, 2.75) is 45.5 Å².